The van der Waals surface area contributed by atoms with E-state index >= 15 is 0 Å². The number of hydrogen-bond donors (Lipinski definition) is 3. The lowest BCUT2D eigenvalue weighted by atomic mass is 9.87. The third-order valence-corrected chi connectivity index (χ3v) is 3.18. The van der Waals surface area contributed by atoms with E-state index in [1.54, 1.807) is 0 Å². The lowest BCUT2D eigenvalue weighted by Gasteiger charge is -2.19. The van der Waals surface area contributed by atoms with Gasteiger partial charge in [0.15, 0.2) is 0 Å². The summed E-state index contributed by atoms with van der Waals surface area (Å²) in [6.07, 6.45) is 0.705. The molecular weight excluding hydrogens is 318 g/mol. The maximum atomic E-state index is 5.68. The first kappa shape index (κ1) is 20.8. The Kier molecular flexibility index (Phi) is 8.21. The molecule has 0 aliphatic heterocycles. The van der Waals surface area contributed by atoms with Crippen LogP contribution in [0.15, 0.2) is 34.3 Å². The second-order valence-electron chi connectivity index (χ2n) is 7.01. The zero-order chi connectivity index (χ0) is 18.9. The van der Waals surface area contributed by atoms with Crippen molar-refractivity contribution in [3.8, 4) is 5.75 Å². The highest BCUT2D eigenvalue weighted by atomic mass is 16.6. The standard InChI is InChI=1S/C18H31N5O2/c1-13(2)21-16(19)22-17(20)23-25-12-6-11-24-15-9-7-14(8-10-15)18(3,4)5/h7-10,13H,6,11-12H2,1-5H3,(H5,19,20,21,22,23). The summed E-state index contributed by atoms with van der Waals surface area (Å²) < 4.78 is 5.68. The minimum atomic E-state index is 0.0621. The fourth-order valence-corrected chi connectivity index (χ4v) is 1.94. The number of hydrogen-bond acceptors (Lipinski definition) is 3. The number of hydroxylamine groups is 1. The molecule has 5 N–H and O–H groups in total. The van der Waals surface area contributed by atoms with E-state index < -0.39 is 0 Å². The lowest BCUT2D eigenvalue weighted by Crippen LogP contribution is -2.34. The molecule has 0 aromatic heterocycles. The highest BCUT2D eigenvalue weighted by molar-refractivity contribution is 5.92. The maximum Gasteiger partial charge on any atom is 0.221 e. The second-order valence-corrected chi connectivity index (χ2v) is 7.01. The molecule has 0 fully saturated rings. The summed E-state index contributed by atoms with van der Waals surface area (Å²) in [6.45, 7) is 11.3. The van der Waals surface area contributed by atoms with Crippen LogP contribution in [0.25, 0.3) is 0 Å². The number of nitrogens with two attached hydrogens (primary N) is 2. The Morgan fingerprint density at radius 3 is 2.32 bits per heavy atom. The molecule has 0 heterocycles. The van der Waals surface area contributed by atoms with Gasteiger partial charge in [-0.1, -0.05) is 32.9 Å². The summed E-state index contributed by atoms with van der Waals surface area (Å²) in [5.74, 6) is 1.03. The summed E-state index contributed by atoms with van der Waals surface area (Å²) >= 11 is 0. The number of benzene rings is 1. The van der Waals surface area contributed by atoms with Crippen molar-refractivity contribution in [3.05, 3.63) is 29.8 Å². The molecule has 1 aromatic rings. The zero-order valence-electron chi connectivity index (χ0n) is 15.9. The van der Waals surface area contributed by atoms with E-state index in [0.29, 0.717) is 19.6 Å². The molecule has 0 radical (unpaired) electrons. The van der Waals surface area contributed by atoms with Crippen molar-refractivity contribution in [2.45, 2.75) is 52.5 Å². The molecule has 0 aliphatic rings. The molecular formula is C18H31N5O2. The SMILES string of the molecule is CC(C)N=C(N)/N=C(/N)NOCCCOc1ccc(C(C)(C)C)cc1. The molecule has 0 spiro atoms. The number of aliphatic imine (C=N–C) groups is 2. The van der Waals surface area contributed by atoms with Crippen LogP contribution in [0.3, 0.4) is 0 Å². The quantitative estimate of drug-likeness (QED) is 0.303. The molecule has 25 heavy (non-hydrogen) atoms. The Morgan fingerprint density at radius 1 is 1.12 bits per heavy atom. The minimum Gasteiger partial charge on any atom is -0.494 e. The van der Waals surface area contributed by atoms with Gasteiger partial charge in [-0.3, -0.25) is 4.84 Å². The molecule has 1 aromatic carbocycles. The highest BCUT2D eigenvalue weighted by Gasteiger charge is 2.12. The predicted molar refractivity (Wildman–Crippen MR) is 103 cm³/mol. The van der Waals surface area contributed by atoms with Gasteiger partial charge in [-0.05, 0) is 37.0 Å². The van der Waals surface area contributed by atoms with Crippen molar-refractivity contribution in [1.82, 2.24) is 5.48 Å². The summed E-state index contributed by atoms with van der Waals surface area (Å²) in [7, 11) is 0. The normalized spacial score (nSPS) is 13.2. The number of guanidine groups is 2. The molecule has 0 atom stereocenters. The first-order valence-corrected chi connectivity index (χ1v) is 8.47. The summed E-state index contributed by atoms with van der Waals surface area (Å²) in [6, 6.07) is 8.22. The van der Waals surface area contributed by atoms with E-state index in [2.05, 4.69) is 48.4 Å². The molecule has 0 aliphatic carbocycles. The van der Waals surface area contributed by atoms with Gasteiger partial charge in [-0.2, -0.15) is 4.99 Å². The Morgan fingerprint density at radius 2 is 1.76 bits per heavy atom. The number of nitrogens with zero attached hydrogens (tertiary/aromatic N) is 2. The third-order valence-electron chi connectivity index (χ3n) is 3.18. The van der Waals surface area contributed by atoms with Crippen LogP contribution in [0.5, 0.6) is 5.75 Å². The number of ether oxygens (including phenoxy) is 1. The Labute approximate surface area is 150 Å². The molecule has 0 amide bonds. The predicted octanol–water partition coefficient (Wildman–Crippen LogP) is 2.31. The monoisotopic (exact) mass is 349 g/mol. The van der Waals surface area contributed by atoms with Crippen molar-refractivity contribution < 1.29 is 9.57 Å². The van der Waals surface area contributed by atoms with Crippen LogP contribution in [0, 0.1) is 0 Å². The summed E-state index contributed by atoms with van der Waals surface area (Å²) in [5.41, 5.74) is 15.2. The van der Waals surface area contributed by atoms with Gasteiger partial charge in [0.05, 0.1) is 13.2 Å². The van der Waals surface area contributed by atoms with E-state index in [9.17, 15) is 0 Å². The van der Waals surface area contributed by atoms with Crippen LogP contribution in [-0.2, 0) is 10.3 Å². The average Bonchev–Trinajstić information content (AvgIpc) is 2.49. The third kappa shape index (κ3) is 8.95. The fourth-order valence-electron chi connectivity index (χ4n) is 1.94. The first-order valence-electron chi connectivity index (χ1n) is 8.47. The van der Waals surface area contributed by atoms with Crippen LogP contribution in [0.2, 0.25) is 0 Å². The van der Waals surface area contributed by atoms with E-state index in [-0.39, 0.29) is 23.4 Å². The van der Waals surface area contributed by atoms with Crippen LogP contribution < -0.4 is 21.7 Å². The van der Waals surface area contributed by atoms with Crippen molar-refractivity contribution in [2.24, 2.45) is 21.5 Å². The smallest absolute Gasteiger partial charge is 0.221 e. The van der Waals surface area contributed by atoms with Gasteiger partial charge < -0.3 is 16.2 Å². The number of nitrogens with one attached hydrogen (secondary N) is 1. The van der Waals surface area contributed by atoms with Crippen LogP contribution >= 0.6 is 0 Å². The average molecular weight is 349 g/mol. The van der Waals surface area contributed by atoms with Crippen LogP contribution in [0.4, 0.5) is 0 Å². The molecule has 0 unspecified atom stereocenters. The Bertz CT molecular complexity index is 574. The highest BCUT2D eigenvalue weighted by Crippen LogP contribution is 2.24. The summed E-state index contributed by atoms with van der Waals surface area (Å²) in [4.78, 5) is 13.1. The fraction of sp³-hybridized carbons (Fsp3) is 0.556. The zero-order valence-corrected chi connectivity index (χ0v) is 15.9. The molecule has 0 bridgehead atoms. The Hall–Kier alpha value is -2.28. The molecule has 0 saturated carbocycles. The van der Waals surface area contributed by atoms with Gasteiger partial charge in [-0.15, -0.1) is 0 Å². The number of rotatable bonds is 7. The summed E-state index contributed by atoms with van der Waals surface area (Å²) in [5, 5.41) is 0. The molecule has 7 heteroatoms. The lowest BCUT2D eigenvalue weighted by molar-refractivity contribution is 0.0739. The van der Waals surface area contributed by atoms with Crippen LogP contribution in [-0.4, -0.2) is 31.2 Å². The van der Waals surface area contributed by atoms with Crippen molar-refractivity contribution >= 4 is 11.9 Å². The van der Waals surface area contributed by atoms with Gasteiger partial charge >= 0.3 is 0 Å². The van der Waals surface area contributed by atoms with E-state index in [4.69, 9.17) is 21.0 Å². The molecule has 0 saturated heterocycles. The molecule has 1 rings (SSSR count). The maximum absolute atomic E-state index is 5.68. The largest absolute Gasteiger partial charge is 0.494 e. The second kappa shape index (κ2) is 9.88. The van der Waals surface area contributed by atoms with Crippen molar-refractivity contribution in [2.75, 3.05) is 13.2 Å². The van der Waals surface area contributed by atoms with E-state index in [1.807, 2.05) is 26.0 Å². The first-order chi connectivity index (χ1) is 11.7. The van der Waals surface area contributed by atoms with Gasteiger partial charge in [0.1, 0.15) is 5.75 Å². The van der Waals surface area contributed by atoms with Gasteiger partial charge in [-0.25, -0.2) is 10.5 Å². The molecule has 140 valence electrons. The minimum absolute atomic E-state index is 0.0621. The van der Waals surface area contributed by atoms with Crippen molar-refractivity contribution in [3.63, 3.8) is 0 Å². The topological polar surface area (TPSA) is 107 Å². The van der Waals surface area contributed by atoms with Gasteiger partial charge in [0.25, 0.3) is 0 Å². The molecule has 7 nitrogen and oxygen atoms in total. The van der Waals surface area contributed by atoms with E-state index in [0.717, 1.165) is 5.75 Å². The van der Waals surface area contributed by atoms with Gasteiger partial charge in [0, 0.05) is 12.5 Å². The van der Waals surface area contributed by atoms with Gasteiger partial charge in [0.2, 0.25) is 11.9 Å². The Balaban J connectivity index is 2.23. The van der Waals surface area contributed by atoms with Crippen molar-refractivity contribution in [1.29, 1.82) is 0 Å². The van der Waals surface area contributed by atoms with Crippen LogP contribution in [0.1, 0.15) is 46.6 Å². The van der Waals surface area contributed by atoms with E-state index in [1.165, 1.54) is 5.56 Å².